The molecular weight excluding hydrogens is 256 g/mol. The van der Waals surface area contributed by atoms with E-state index in [1.165, 1.54) is 12.3 Å². The summed E-state index contributed by atoms with van der Waals surface area (Å²) in [6, 6.07) is 0.913. The van der Waals surface area contributed by atoms with E-state index in [1.54, 1.807) is 0 Å². The Morgan fingerprint density at radius 3 is 2.56 bits per heavy atom. The molecule has 0 aliphatic rings. The van der Waals surface area contributed by atoms with E-state index in [-0.39, 0.29) is 29.9 Å². The largest absolute Gasteiger partial charge is 0.364 e. The molecule has 102 valence electrons. The molecule has 0 spiro atoms. The number of hydrogen-bond donors (Lipinski definition) is 4. The third kappa shape index (κ3) is 4.05. The first-order valence-electron chi connectivity index (χ1n) is 5.50. The van der Waals surface area contributed by atoms with Crippen molar-refractivity contribution in [3.8, 4) is 0 Å². The summed E-state index contributed by atoms with van der Waals surface area (Å²) < 4.78 is 0. The number of nitrogens with two attached hydrogens (primary N) is 2. The summed E-state index contributed by atoms with van der Waals surface area (Å²) >= 11 is 0. The SMILES string of the molecule is CCC(C)C(N)C(=O)Nc1c[nH]c(C(N)=O)c1.Cl. The van der Waals surface area contributed by atoms with Crippen LogP contribution < -0.4 is 16.8 Å². The number of carbonyl (C=O) groups is 2. The van der Waals surface area contributed by atoms with E-state index < -0.39 is 11.9 Å². The van der Waals surface area contributed by atoms with Crippen molar-refractivity contribution in [1.29, 1.82) is 0 Å². The highest BCUT2D eigenvalue weighted by Gasteiger charge is 2.19. The minimum Gasteiger partial charge on any atom is -0.364 e. The molecule has 1 heterocycles. The molecule has 6 nitrogen and oxygen atoms in total. The zero-order valence-corrected chi connectivity index (χ0v) is 11.2. The molecule has 0 radical (unpaired) electrons. The third-order valence-electron chi connectivity index (χ3n) is 2.78. The molecule has 2 amide bonds. The van der Waals surface area contributed by atoms with Crippen molar-refractivity contribution in [3.63, 3.8) is 0 Å². The number of primary amides is 1. The lowest BCUT2D eigenvalue weighted by Gasteiger charge is -2.16. The molecule has 0 saturated carbocycles. The molecule has 0 saturated heterocycles. The lowest BCUT2D eigenvalue weighted by molar-refractivity contribution is -0.118. The van der Waals surface area contributed by atoms with Gasteiger partial charge in [0.15, 0.2) is 0 Å². The molecule has 0 bridgehead atoms. The van der Waals surface area contributed by atoms with Gasteiger partial charge in [-0.2, -0.15) is 0 Å². The molecule has 0 aliphatic heterocycles. The summed E-state index contributed by atoms with van der Waals surface area (Å²) in [5, 5.41) is 2.63. The summed E-state index contributed by atoms with van der Waals surface area (Å²) in [7, 11) is 0. The maximum Gasteiger partial charge on any atom is 0.265 e. The lowest BCUT2D eigenvalue weighted by atomic mass is 9.99. The van der Waals surface area contributed by atoms with Crippen LogP contribution in [0.1, 0.15) is 30.8 Å². The molecule has 0 aliphatic carbocycles. The van der Waals surface area contributed by atoms with Crippen LogP contribution in [0.4, 0.5) is 5.69 Å². The highest BCUT2D eigenvalue weighted by Crippen LogP contribution is 2.12. The van der Waals surface area contributed by atoms with E-state index in [0.717, 1.165) is 6.42 Å². The highest BCUT2D eigenvalue weighted by atomic mass is 35.5. The van der Waals surface area contributed by atoms with Gasteiger partial charge in [0.2, 0.25) is 5.91 Å². The fourth-order valence-corrected chi connectivity index (χ4v) is 1.35. The van der Waals surface area contributed by atoms with Gasteiger partial charge in [-0.05, 0) is 12.0 Å². The van der Waals surface area contributed by atoms with Gasteiger partial charge >= 0.3 is 0 Å². The van der Waals surface area contributed by atoms with Crippen molar-refractivity contribution < 1.29 is 9.59 Å². The standard InChI is InChI=1S/C11H18N4O2.ClH/c1-3-6(2)9(12)11(17)15-7-4-8(10(13)16)14-5-7;/h4-6,9,14H,3,12H2,1-2H3,(H2,13,16)(H,15,17);1H. The number of H-pyrrole nitrogens is 1. The molecule has 2 unspecified atom stereocenters. The zero-order chi connectivity index (χ0) is 13.0. The van der Waals surface area contributed by atoms with E-state index in [9.17, 15) is 9.59 Å². The smallest absolute Gasteiger partial charge is 0.265 e. The monoisotopic (exact) mass is 274 g/mol. The number of anilines is 1. The average molecular weight is 275 g/mol. The van der Waals surface area contributed by atoms with Crippen LogP contribution in [0.3, 0.4) is 0 Å². The van der Waals surface area contributed by atoms with Gasteiger partial charge < -0.3 is 21.8 Å². The van der Waals surface area contributed by atoms with Crippen molar-refractivity contribution in [2.75, 3.05) is 5.32 Å². The van der Waals surface area contributed by atoms with Gasteiger partial charge in [-0.25, -0.2) is 0 Å². The normalized spacial score (nSPS) is 13.3. The van der Waals surface area contributed by atoms with Crippen LogP contribution in [-0.4, -0.2) is 22.8 Å². The second kappa shape index (κ2) is 7.03. The van der Waals surface area contributed by atoms with E-state index >= 15 is 0 Å². The predicted molar refractivity (Wildman–Crippen MR) is 72.6 cm³/mol. The van der Waals surface area contributed by atoms with Gasteiger partial charge in [0.1, 0.15) is 5.69 Å². The minimum absolute atomic E-state index is 0. The number of halogens is 1. The van der Waals surface area contributed by atoms with E-state index in [1.807, 2.05) is 13.8 Å². The van der Waals surface area contributed by atoms with Crippen LogP contribution in [0.25, 0.3) is 0 Å². The number of amides is 2. The zero-order valence-electron chi connectivity index (χ0n) is 10.4. The summed E-state index contributed by atoms with van der Waals surface area (Å²) in [6.45, 7) is 3.88. The number of hydrogen-bond acceptors (Lipinski definition) is 3. The first kappa shape index (κ1) is 16.5. The highest BCUT2D eigenvalue weighted by molar-refractivity contribution is 5.97. The second-order valence-electron chi connectivity index (χ2n) is 4.07. The molecule has 0 fully saturated rings. The fourth-order valence-electron chi connectivity index (χ4n) is 1.35. The summed E-state index contributed by atoms with van der Waals surface area (Å²) in [4.78, 5) is 25.2. The van der Waals surface area contributed by atoms with Crippen LogP contribution in [-0.2, 0) is 4.79 Å². The third-order valence-corrected chi connectivity index (χ3v) is 2.78. The Balaban J connectivity index is 0.00000289. The molecule has 1 aromatic rings. The van der Waals surface area contributed by atoms with Crippen molar-refractivity contribution >= 4 is 29.9 Å². The molecular formula is C11H19ClN4O2. The number of aromatic amines is 1. The van der Waals surface area contributed by atoms with Crippen molar-refractivity contribution in [1.82, 2.24) is 4.98 Å². The maximum absolute atomic E-state index is 11.7. The average Bonchev–Trinajstić information content (AvgIpc) is 2.75. The van der Waals surface area contributed by atoms with E-state index in [4.69, 9.17) is 11.5 Å². The van der Waals surface area contributed by atoms with Gasteiger partial charge in [-0.3, -0.25) is 9.59 Å². The predicted octanol–water partition coefficient (Wildman–Crippen LogP) is 0.847. The first-order valence-corrected chi connectivity index (χ1v) is 5.50. The van der Waals surface area contributed by atoms with Gasteiger partial charge in [-0.15, -0.1) is 12.4 Å². The number of rotatable bonds is 5. The van der Waals surface area contributed by atoms with Crippen LogP contribution >= 0.6 is 12.4 Å². The van der Waals surface area contributed by atoms with Gasteiger partial charge in [-0.1, -0.05) is 20.3 Å². The van der Waals surface area contributed by atoms with Crippen molar-refractivity contribution in [2.45, 2.75) is 26.3 Å². The fraction of sp³-hybridized carbons (Fsp3) is 0.455. The quantitative estimate of drug-likeness (QED) is 0.638. The van der Waals surface area contributed by atoms with Crippen molar-refractivity contribution in [2.24, 2.45) is 17.4 Å². The Morgan fingerprint density at radius 2 is 2.11 bits per heavy atom. The topological polar surface area (TPSA) is 114 Å². The van der Waals surface area contributed by atoms with Crippen LogP contribution in [0.2, 0.25) is 0 Å². The molecule has 0 aromatic carbocycles. The number of aromatic nitrogens is 1. The molecule has 18 heavy (non-hydrogen) atoms. The van der Waals surface area contributed by atoms with Gasteiger partial charge in [0.05, 0.1) is 11.7 Å². The van der Waals surface area contributed by atoms with Crippen molar-refractivity contribution in [3.05, 3.63) is 18.0 Å². The Hall–Kier alpha value is -1.53. The Kier molecular flexibility index (Phi) is 6.43. The van der Waals surface area contributed by atoms with Gasteiger partial charge in [0, 0.05) is 6.20 Å². The molecule has 6 N–H and O–H groups in total. The number of carbonyl (C=O) groups excluding carboxylic acids is 2. The summed E-state index contributed by atoms with van der Waals surface area (Å²) in [5.41, 5.74) is 11.6. The van der Waals surface area contributed by atoms with Crippen LogP contribution in [0.5, 0.6) is 0 Å². The van der Waals surface area contributed by atoms with E-state index in [0.29, 0.717) is 5.69 Å². The minimum atomic E-state index is -0.572. The van der Waals surface area contributed by atoms with Crippen LogP contribution in [0.15, 0.2) is 12.3 Å². The Morgan fingerprint density at radius 1 is 1.50 bits per heavy atom. The summed E-state index contributed by atoms with van der Waals surface area (Å²) in [5.74, 6) is -0.740. The Bertz CT molecular complexity index is 419. The first-order chi connectivity index (χ1) is 7.95. The molecule has 1 rings (SSSR count). The molecule has 1 aromatic heterocycles. The molecule has 7 heteroatoms. The number of nitrogens with one attached hydrogen (secondary N) is 2. The van der Waals surface area contributed by atoms with E-state index in [2.05, 4.69) is 10.3 Å². The van der Waals surface area contributed by atoms with Gasteiger partial charge in [0.25, 0.3) is 5.91 Å². The maximum atomic E-state index is 11.7. The van der Waals surface area contributed by atoms with Crippen LogP contribution in [0, 0.1) is 5.92 Å². The second-order valence-corrected chi connectivity index (χ2v) is 4.07. The summed E-state index contributed by atoms with van der Waals surface area (Å²) in [6.07, 6.45) is 2.33. The molecule has 2 atom stereocenters. The Labute approximate surface area is 112 Å². The lowest BCUT2D eigenvalue weighted by Crippen LogP contribution is -2.40.